The molecule has 0 amide bonds. The van der Waals surface area contributed by atoms with Crippen molar-refractivity contribution in [2.24, 2.45) is 0 Å². The van der Waals surface area contributed by atoms with Crippen LogP contribution in [0.5, 0.6) is 0 Å². The molecule has 64 heavy (non-hydrogen) atoms. The summed E-state index contributed by atoms with van der Waals surface area (Å²) in [4.78, 5) is 38.0. The SMILES string of the molecule is CC/C=C\C/C=C\C/C=C\CCCCC(=O)OCC(COC(=O)CCCCCCCCCCCC/C=C\C=C/CCCCC)OC(=O)CCCCCCCC/C=C\C=C/CCCCC. The number of carbonyl (C=O) groups excluding carboxylic acids is 3. The van der Waals surface area contributed by atoms with E-state index in [0.717, 1.165) is 89.9 Å². The highest BCUT2D eigenvalue weighted by molar-refractivity contribution is 5.71. The van der Waals surface area contributed by atoms with Crippen molar-refractivity contribution in [1.82, 2.24) is 0 Å². The zero-order chi connectivity index (χ0) is 46.5. The summed E-state index contributed by atoms with van der Waals surface area (Å²) in [5, 5.41) is 0. The van der Waals surface area contributed by atoms with E-state index in [4.69, 9.17) is 14.2 Å². The molecule has 0 saturated heterocycles. The summed E-state index contributed by atoms with van der Waals surface area (Å²) in [7, 11) is 0. The maximum absolute atomic E-state index is 12.8. The minimum atomic E-state index is -0.799. The van der Waals surface area contributed by atoms with E-state index in [9.17, 15) is 14.4 Å². The second-order valence-electron chi connectivity index (χ2n) is 17.5. The van der Waals surface area contributed by atoms with Crippen molar-refractivity contribution in [3.63, 3.8) is 0 Å². The summed E-state index contributed by atoms with van der Waals surface area (Å²) in [6.45, 7) is 6.42. The van der Waals surface area contributed by atoms with Crippen molar-refractivity contribution < 1.29 is 28.6 Å². The lowest BCUT2D eigenvalue weighted by atomic mass is 10.1. The summed E-state index contributed by atoms with van der Waals surface area (Å²) in [6, 6.07) is 0. The van der Waals surface area contributed by atoms with E-state index in [-0.39, 0.29) is 31.1 Å². The van der Waals surface area contributed by atoms with E-state index in [1.807, 2.05) is 0 Å². The first-order chi connectivity index (χ1) is 31.5. The van der Waals surface area contributed by atoms with Gasteiger partial charge in [0.25, 0.3) is 0 Å². The zero-order valence-corrected chi connectivity index (χ0v) is 41.8. The number of allylic oxidation sites excluding steroid dienone is 14. The highest BCUT2D eigenvalue weighted by Gasteiger charge is 2.19. The Morgan fingerprint density at radius 1 is 0.344 bits per heavy atom. The molecule has 0 aromatic rings. The van der Waals surface area contributed by atoms with Gasteiger partial charge in [-0.25, -0.2) is 0 Å². The van der Waals surface area contributed by atoms with Gasteiger partial charge in [0, 0.05) is 19.3 Å². The van der Waals surface area contributed by atoms with E-state index in [0.29, 0.717) is 19.3 Å². The third kappa shape index (κ3) is 49.6. The van der Waals surface area contributed by atoms with E-state index in [1.54, 1.807) is 0 Å². The van der Waals surface area contributed by atoms with Crippen LogP contribution in [0.1, 0.15) is 245 Å². The molecule has 0 bridgehead atoms. The first kappa shape index (κ1) is 60.6. The van der Waals surface area contributed by atoms with Crippen molar-refractivity contribution in [1.29, 1.82) is 0 Å². The second kappa shape index (κ2) is 52.2. The van der Waals surface area contributed by atoms with Crippen LogP contribution in [0.2, 0.25) is 0 Å². The zero-order valence-electron chi connectivity index (χ0n) is 41.8. The summed E-state index contributed by atoms with van der Waals surface area (Å²) in [6.07, 6.45) is 67.1. The second-order valence-corrected chi connectivity index (χ2v) is 17.5. The number of carbonyl (C=O) groups is 3. The molecule has 1 unspecified atom stereocenters. The predicted molar refractivity (Wildman–Crippen MR) is 274 cm³/mol. The molecule has 0 saturated carbocycles. The number of unbranched alkanes of at least 4 members (excludes halogenated alkanes) is 24. The third-order valence-electron chi connectivity index (χ3n) is 11.2. The Morgan fingerprint density at radius 3 is 1.08 bits per heavy atom. The molecule has 0 heterocycles. The molecule has 0 N–H and O–H groups in total. The van der Waals surface area contributed by atoms with Crippen LogP contribution < -0.4 is 0 Å². The molecule has 0 fully saturated rings. The molecule has 6 heteroatoms. The highest BCUT2D eigenvalue weighted by Crippen LogP contribution is 2.14. The summed E-state index contributed by atoms with van der Waals surface area (Å²) < 4.78 is 16.8. The van der Waals surface area contributed by atoms with Crippen LogP contribution in [0.3, 0.4) is 0 Å². The molecule has 0 spiro atoms. The van der Waals surface area contributed by atoms with E-state index >= 15 is 0 Å². The first-order valence-electron chi connectivity index (χ1n) is 26.6. The van der Waals surface area contributed by atoms with Crippen LogP contribution in [0.4, 0.5) is 0 Å². The van der Waals surface area contributed by atoms with Gasteiger partial charge >= 0.3 is 17.9 Å². The van der Waals surface area contributed by atoms with Crippen LogP contribution in [-0.2, 0) is 28.6 Å². The largest absolute Gasteiger partial charge is 0.462 e. The average molecular weight is 891 g/mol. The summed E-state index contributed by atoms with van der Waals surface area (Å²) in [5.74, 6) is -0.952. The monoisotopic (exact) mass is 891 g/mol. The molecule has 6 nitrogen and oxygen atoms in total. The van der Waals surface area contributed by atoms with Crippen molar-refractivity contribution in [2.75, 3.05) is 13.2 Å². The van der Waals surface area contributed by atoms with Gasteiger partial charge in [-0.15, -0.1) is 0 Å². The Bertz CT molecular complexity index is 1250. The van der Waals surface area contributed by atoms with Gasteiger partial charge in [-0.1, -0.05) is 209 Å². The van der Waals surface area contributed by atoms with Crippen molar-refractivity contribution in [3.05, 3.63) is 85.1 Å². The van der Waals surface area contributed by atoms with E-state index < -0.39 is 6.10 Å². The Balaban J connectivity index is 4.41. The van der Waals surface area contributed by atoms with Gasteiger partial charge < -0.3 is 14.2 Å². The van der Waals surface area contributed by atoms with Gasteiger partial charge in [-0.3, -0.25) is 14.4 Å². The van der Waals surface area contributed by atoms with Gasteiger partial charge in [0.1, 0.15) is 13.2 Å². The number of ether oxygens (including phenoxy) is 3. The molecule has 0 aliphatic carbocycles. The lowest BCUT2D eigenvalue weighted by Gasteiger charge is -2.18. The minimum Gasteiger partial charge on any atom is -0.462 e. The minimum absolute atomic E-state index is 0.0957. The Kier molecular flexibility index (Phi) is 49.4. The topological polar surface area (TPSA) is 78.9 Å². The molecule has 0 aromatic carbocycles. The molecule has 0 radical (unpaired) electrons. The van der Waals surface area contributed by atoms with Crippen LogP contribution in [0.25, 0.3) is 0 Å². The van der Waals surface area contributed by atoms with E-state index in [2.05, 4.69) is 106 Å². The lowest BCUT2D eigenvalue weighted by molar-refractivity contribution is -0.167. The first-order valence-corrected chi connectivity index (χ1v) is 26.6. The average Bonchev–Trinajstić information content (AvgIpc) is 3.29. The van der Waals surface area contributed by atoms with Gasteiger partial charge in [0.15, 0.2) is 6.10 Å². The molecule has 0 aliphatic heterocycles. The van der Waals surface area contributed by atoms with Crippen molar-refractivity contribution in [2.45, 2.75) is 252 Å². The van der Waals surface area contributed by atoms with Crippen molar-refractivity contribution in [3.8, 4) is 0 Å². The maximum atomic E-state index is 12.8. The molecule has 0 aliphatic rings. The van der Waals surface area contributed by atoms with Crippen LogP contribution in [0.15, 0.2) is 85.1 Å². The normalized spacial score (nSPS) is 12.7. The Labute approximate surface area is 395 Å². The summed E-state index contributed by atoms with van der Waals surface area (Å²) >= 11 is 0. The molecule has 1 atom stereocenters. The fraction of sp³-hybridized carbons (Fsp3) is 0.707. The standard InChI is InChI=1S/C58H98O6/c1-4-7-10-13-16-19-22-25-27-28-29-30-32-33-36-39-42-45-48-51-57(60)63-54-55(53-62-56(59)50-47-44-41-38-35-24-21-18-15-12-9-6-3)64-58(61)52-49-46-43-40-37-34-31-26-23-20-17-14-11-8-5-2/h9,12,16-23,25-26,35,38,55H,4-8,10-11,13-15,24,27-34,36-37,39-54H2,1-3H3/b12-9-,19-16-,20-17-,21-18-,25-22-,26-23-,38-35-. The van der Waals surface area contributed by atoms with Crippen LogP contribution in [-0.4, -0.2) is 37.2 Å². The van der Waals surface area contributed by atoms with E-state index in [1.165, 1.54) is 116 Å². The van der Waals surface area contributed by atoms with Gasteiger partial charge in [-0.05, 0) is 103 Å². The fourth-order valence-corrected chi connectivity index (χ4v) is 7.14. The fourth-order valence-electron chi connectivity index (χ4n) is 7.14. The Morgan fingerprint density at radius 2 is 0.656 bits per heavy atom. The number of hydrogen-bond donors (Lipinski definition) is 0. The molecule has 0 aromatic heterocycles. The lowest BCUT2D eigenvalue weighted by Crippen LogP contribution is -2.30. The maximum Gasteiger partial charge on any atom is 0.306 e. The highest BCUT2D eigenvalue weighted by atomic mass is 16.6. The number of rotatable bonds is 47. The number of hydrogen-bond acceptors (Lipinski definition) is 6. The van der Waals surface area contributed by atoms with Gasteiger partial charge in [-0.2, -0.15) is 0 Å². The third-order valence-corrected chi connectivity index (χ3v) is 11.2. The molecular weight excluding hydrogens is 793 g/mol. The molecule has 366 valence electrons. The van der Waals surface area contributed by atoms with Gasteiger partial charge in [0.05, 0.1) is 0 Å². The molecule has 0 rings (SSSR count). The molecular formula is C58H98O6. The number of esters is 3. The predicted octanol–water partition coefficient (Wildman–Crippen LogP) is 17.6. The quantitative estimate of drug-likeness (QED) is 0.0199. The van der Waals surface area contributed by atoms with Gasteiger partial charge in [0.2, 0.25) is 0 Å². The summed E-state index contributed by atoms with van der Waals surface area (Å²) in [5.41, 5.74) is 0. The van der Waals surface area contributed by atoms with Crippen molar-refractivity contribution >= 4 is 17.9 Å². The smallest absolute Gasteiger partial charge is 0.306 e. The van der Waals surface area contributed by atoms with Crippen LogP contribution >= 0.6 is 0 Å². The Hall–Kier alpha value is -3.41. The van der Waals surface area contributed by atoms with Crippen LogP contribution in [0, 0.1) is 0 Å².